The molecule has 74 valence electrons. The van der Waals surface area contributed by atoms with Gasteiger partial charge in [0.1, 0.15) is 0 Å². The molecule has 0 aliphatic heterocycles. The number of rotatable bonds is 4. The number of aromatic nitrogens is 1. The minimum Gasteiger partial charge on any atom is -0.348 e. The van der Waals surface area contributed by atoms with Gasteiger partial charge in [-0.1, -0.05) is 6.92 Å². The molecular formula is C9H14F2N2. The van der Waals surface area contributed by atoms with E-state index in [1.807, 2.05) is 6.92 Å². The summed E-state index contributed by atoms with van der Waals surface area (Å²) < 4.78 is 25.4. The molecule has 0 saturated heterocycles. The van der Waals surface area contributed by atoms with E-state index in [0.717, 1.165) is 12.0 Å². The number of halogens is 2. The Hall–Kier alpha value is -0.900. The van der Waals surface area contributed by atoms with Gasteiger partial charge in [0.2, 0.25) is 0 Å². The second-order valence-corrected chi connectivity index (χ2v) is 3.05. The minimum absolute atomic E-state index is 0.0427. The summed E-state index contributed by atoms with van der Waals surface area (Å²) in [5.74, 6) is 0. The van der Waals surface area contributed by atoms with Crippen molar-refractivity contribution in [1.29, 1.82) is 0 Å². The van der Waals surface area contributed by atoms with Crippen LogP contribution in [-0.4, -0.2) is 11.0 Å². The van der Waals surface area contributed by atoms with Crippen molar-refractivity contribution < 1.29 is 8.78 Å². The SMILES string of the molecule is CCC(N)c1ccn(CC(F)F)c1. The molecule has 1 aromatic heterocycles. The van der Waals surface area contributed by atoms with Crippen molar-refractivity contribution in [2.75, 3.05) is 0 Å². The highest BCUT2D eigenvalue weighted by Gasteiger charge is 2.07. The maximum absolute atomic E-state index is 12.0. The topological polar surface area (TPSA) is 30.9 Å². The van der Waals surface area contributed by atoms with E-state index in [0.29, 0.717) is 0 Å². The summed E-state index contributed by atoms with van der Waals surface area (Å²) in [7, 11) is 0. The van der Waals surface area contributed by atoms with Crippen molar-refractivity contribution in [2.45, 2.75) is 32.4 Å². The summed E-state index contributed by atoms with van der Waals surface area (Å²) in [6.45, 7) is 1.71. The Morgan fingerprint density at radius 2 is 2.23 bits per heavy atom. The van der Waals surface area contributed by atoms with Crippen molar-refractivity contribution >= 4 is 0 Å². The fourth-order valence-electron chi connectivity index (χ4n) is 1.19. The average Bonchev–Trinajstić information content (AvgIpc) is 2.50. The largest absolute Gasteiger partial charge is 0.348 e. The molecule has 2 N–H and O–H groups in total. The Balaban J connectivity index is 2.63. The first-order chi connectivity index (χ1) is 6.13. The summed E-state index contributed by atoms with van der Waals surface area (Å²) in [6, 6.07) is 1.75. The molecule has 0 aliphatic rings. The van der Waals surface area contributed by atoms with Gasteiger partial charge in [-0.25, -0.2) is 8.78 Å². The zero-order valence-corrected chi connectivity index (χ0v) is 7.58. The highest BCUT2D eigenvalue weighted by molar-refractivity contribution is 5.14. The highest BCUT2D eigenvalue weighted by Crippen LogP contribution is 2.14. The Labute approximate surface area is 76.3 Å². The van der Waals surface area contributed by atoms with Gasteiger partial charge in [0.05, 0.1) is 6.54 Å². The van der Waals surface area contributed by atoms with E-state index < -0.39 is 6.43 Å². The monoisotopic (exact) mass is 188 g/mol. The Morgan fingerprint density at radius 3 is 2.77 bits per heavy atom. The smallest absolute Gasteiger partial charge is 0.256 e. The molecule has 1 rings (SSSR count). The first-order valence-corrected chi connectivity index (χ1v) is 4.33. The van der Waals surface area contributed by atoms with Gasteiger partial charge in [0.25, 0.3) is 6.43 Å². The lowest BCUT2D eigenvalue weighted by atomic mass is 10.1. The van der Waals surface area contributed by atoms with Crippen molar-refractivity contribution in [3.8, 4) is 0 Å². The van der Waals surface area contributed by atoms with Crippen LogP contribution in [0.3, 0.4) is 0 Å². The molecule has 1 unspecified atom stereocenters. The molecule has 0 fully saturated rings. The van der Waals surface area contributed by atoms with Crippen LogP contribution in [0.5, 0.6) is 0 Å². The number of nitrogens with zero attached hydrogens (tertiary/aromatic N) is 1. The van der Waals surface area contributed by atoms with E-state index >= 15 is 0 Å². The average molecular weight is 188 g/mol. The van der Waals surface area contributed by atoms with Gasteiger partial charge in [-0.15, -0.1) is 0 Å². The summed E-state index contributed by atoms with van der Waals surface area (Å²) in [4.78, 5) is 0. The fraction of sp³-hybridized carbons (Fsp3) is 0.556. The van der Waals surface area contributed by atoms with Crippen LogP contribution in [0.4, 0.5) is 8.78 Å². The predicted octanol–water partition coefficient (Wildman–Crippen LogP) is 2.16. The van der Waals surface area contributed by atoms with Crippen LogP contribution >= 0.6 is 0 Å². The Bertz CT molecular complexity index is 258. The van der Waals surface area contributed by atoms with Crippen molar-refractivity contribution in [1.82, 2.24) is 4.57 Å². The van der Waals surface area contributed by atoms with E-state index in [4.69, 9.17) is 5.73 Å². The van der Waals surface area contributed by atoms with Gasteiger partial charge in [0, 0.05) is 18.4 Å². The van der Waals surface area contributed by atoms with Gasteiger partial charge in [-0.05, 0) is 18.1 Å². The van der Waals surface area contributed by atoms with Crippen LogP contribution in [0, 0.1) is 0 Å². The van der Waals surface area contributed by atoms with Gasteiger partial charge in [-0.2, -0.15) is 0 Å². The predicted molar refractivity (Wildman–Crippen MR) is 47.7 cm³/mol. The van der Waals surface area contributed by atoms with E-state index in [2.05, 4.69) is 0 Å². The van der Waals surface area contributed by atoms with Crippen LogP contribution in [-0.2, 0) is 6.54 Å². The van der Waals surface area contributed by atoms with Crippen molar-refractivity contribution in [2.24, 2.45) is 5.73 Å². The van der Waals surface area contributed by atoms with Crippen LogP contribution in [0.25, 0.3) is 0 Å². The van der Waals surface area contributed by atoms with Gasteiger partial charge in [0.15, 0.2) is 0 Å². The molecule has 0 aromatic carbocycles. The van der Waals surface area contributed by atoms with E-state index in [-0.39, 0.29) is 12.6 Å². The molecule has 0 aliphatic carbocycles. The standard InChI is InChI=1S/C9H14F2N2/c1-2-8(12)7-3-4-13(5-7)6-9(10)11/h3-5,8-9H,2,6,12H2,1H3. The number of hydrogen-bond donors (Lipinski definition) is 1. The third-order valence-electron chi connectivity index (χ3n) is 1.99. The number of alkyl halides is 2. The molecule has 1 aromatic rings. The molecule has 0 amide bonds. The molecule has 0 radical (unpaired) electrons. The number of nitrogens with two attached hydrogens (primary N) is 1. The summed E-state index contributed by atoms with van der Waals surface area (Å²) in [6.07, 6.45) is 1.83. The number of hydrogen-bond acceptors (Lipinski definition) is 1. The minimum atomic E-state index is -2.31. The van der Waals surface area contributed by atoms with Crippen LogP contribution in [0.2, 0.25) is 0 Å². The van der Waals surface area contributed by atoms with Crippen molar-refractivity contribution in [3.05, 3.63) is 24.0 Å². The van der Waals surface area contributed by atoms with Gasteiger partial charge >= 0.3 is 0 Å². The van der Waals surface area contributed by atoms with Crippen LogP contribution in [0.15, 0.2) is 18.5 Å². The molecular weight excluding hydrogens is 174 g/mol. The second kappa shape index (κ2) is 4.37. The van der Waals surface area contributed by atoms with Crippen LogP contribution in [0.1, 0.15) is 24.9 Å². The fourth-order valence-corrected chi connectivity index (χ4v) is 1.19. The summed E-state index contributed by atoms with van der Waals surface area (Å²) >= 11 is 0. The lowest BCUT2D eigenvalue weighted by Crippen LogP contribution is -2.08. The molecule has 1 heterocycles. The second-order valence-electron chi connectivity index (χ2n) is 3.05. The molecule has 0 spiro atoms. The lowest BCUT2D eigenvalue weighted by molar-refractivity contribution is 0.126. The van der Waals surface area contributed by atoms with Crippen molar-refractivity contribution in [3.63, 3.8) is 0 Å². The molecule has 2 nitrogen and oxygen atoms in total. The third kappa shape index (κ3) is 2.81. The zero-order valence-electron chi connectivity index (χ0n) is 7.58. The molecule has 4 heteroatoms. The molecule has 1 atom stereocenters. The van der Waals surface area contributed by atoms with Gasteiger partial charge in [-0.3, -0.25) is 0 Å². The highest BCUT2D eigenvalue weighted by atomic mass is 19.3. The van der Waals surface area contributed by atoms with Gasteiger partial charge < -0.3 is 10.3 Å². The Kier molecular flexibility index (Phi) is 3.42. The van der Waals surface area contributed by atoms with E-state index in [1.54, 1.807) is 18.5 Å². The third-order valence-corrected chi connectivity index (χ3v) is 1.99. The first kappa shape index (κ1) is 10.2. The molecule has 0 saturated carbocycles. The van der Waals surface area contributed by atoms with E-state index in [9.17, 15) is 8.78 Å². The summed E-state index contributed by atoms with van der Waals surface area (Å²) in [5.41, 5.74) is 6.66. The Morgan fingerprint density at radius 1 is 1.54 bits per heavy atom. The maximum atomic E-state index is 12.0. The summed E-state index contributed by atoms with van der Waals surface area (Å²) in [5, 5.41) is 0. The quantitative estimate of drug-likeness (QED) is 0.771. The van der Waals surface area contributed by atoms with E-state index in [1.165, 1.54) is 4.57 Å². The maximum Gasteiger partial charge on any atom is 0.256 e. The van der Waals surface area contributed by atoms with Crippen LogP contribution < -0.4 is 5.73 Å². The molecule has 13 heavy (non-hydrogen) atoms. The lowest BCUT2D eigenvalue weighted by Gasteiger charge is -2.05. The molecule has 0 bridgehead atoms. The first-order valence-electron chi connectivity index (χ1n) is 4.33. The zero-order chi connectivity index (χ0) is 9.84. The normalized spacial score (nSPS) is 13.6.